The highest BCUT2D eigenvalue weighted by Gasteiger charge is 2.27. The molecule has 0 spiro atoms. The summed E-state index contributed by atoms with van der Waals surface area (Å²) in [4.78, 5) is 3.90. The molecule has 5 nitrogen and oxygen atoms in total. The number of nitrogens with two attached hydrogens (primary N) is 1. The van der Waals surface area contributed by atoms with Crippen LogP contribution in [0.25, 0.3) is 11.5 Å². The van der Waals surface area contributed by atoms with Crippen LogP contribution >= 0.6 is 0 Å². The number of nitrogen functional groups attached to an aromatic ring is 1. The molecule has 0 fully saturated rings. The lowest BCUT2D eigenvalue weighted by atomic mass is 10.1. The molecule has 0 saturated heterocycles. The minimum Gasteiger partial charge on any atom is -0.497 e. The van der Waals surface area contributed by atoms with Crippen LogP contribution in [0.4, 0.5) is 18.9 Å². The zero-order chi connectivity index (χ0) is 14.8. The van der Waals surface area contributed by atoms with Gasteiger partial charge in [-0.3, -0.25) is 0 Å². The second-order valence-corrected chi connectivity index (χ2v) is 4.08. The van der Waals surface area contributed by atoms with E-state index in [1.54, 1.807) is 18.2 Å². The first-order valence-corrected chi connectivity index (χ1v) is 5.72. The molecular weight excluding hydrogens is 275 g/mol. The first kappa shape index (κ1) is 14.2. The second kappa shape index (κ2) is 5.40. The highest BCUT2D eigenvalue weighted by molar-refractivity contribution is 5.71. The molecule has 0 atom stereocenters. The minimum atomic E-state index is -4.25. The number of hydrogen-bond acceptors (Lipinski definition) is 5. The SMILES string of the molecule is COc1ccc(-c2nc(CCC(F)(F)F)no2)c(N)c1. The summed E-state index contributed by atoms with van der Waals surface area (Å²) in [5.74, 6) is 0.637. The Hall–Kier alpha value is -2.25. The first-order chi connectivity index (χ1) is 9.39. The molecular formula is C12H12F3N3O2. The van der Waals surface area contributed by atoms with Crippen molar-refractivity contribution < 1.29 is 22.4 Å². The van der Waals surface area contributed by atoms with Crippen LogP contribution in [-0.2, 0) is 6.42 Å². The fourth-order valence-corrected chi connectivity index (χ4v) is 1.58. The van der Waals surface area contributed by atoms with Gasteiger partial charge in [-0.2, -0.15) is 18.2 Å². The van der Waals surface area contributed by atoms with Gasteiger partial charge in [0.15, 0.2) is 5.82 Å². The summed E-state index contributed by atoms with van der Waals surface area (Å²) < 4.78 is 46.2. The van der Waals surface area contributed by atoms with E-state index in [0.717, 1.165) is 0 Å². The van der Waals surface area contributed by atoms with E-state index in [1.165, 1.54) is 7.11 Å². The maximum Gasteiger partial charge on any atom is 0.389 e. The number of aromatic nitrogens is 2. The zero-order valence-electron chi connectivity index (χ0n) is 10.6. The fourth-order valence-electron chi connectivity index (χ4n) is 1.58. The molecule has 1 aromatic carbocycles. The number of rotatable bonds is 4. The van der Waals surface area contributed by atoms with Gasteiger partial charge in [0.25, 0.3) is 5.89 Å². The van der Waals surface area contributed by atoms with Gasteiger partial charge in [0, 0.05) is 18.2 Å². The molecule has 1 aromatic heterocycles. The summed E-state index contributed by atoms with van der Waals surface area (Å²) in [6.45, 7) is 0. The first-order valence-electron chi connectivity index (χ1n) is 5.72. The molecule has 1 heterocycles. The Morgan fingerprint density at radius 2 is 2.10 bits per heavy atom. The number of benzene rings is 1. The Bertz CT molecular complexity index is 596. The van der Waals surface area contributed by atoms with Crippen molar-refractivity contribution in [3.05, 3.63) is 24.0 Å². The quantitative estimate of drug-likeness (QED) is 0.875. The molecule has 0 bridgehead atoms. The third kappa shape index (κ3) is 3.40. The third-order valence-electron chi connectivity index (χ3n) is 2.59. The molecule has 0 radical (unpaired) electrons. The van der Waals surface area contributed by atoms with Crippen LogP contribution in [0, 0.1) is 0 Å². The van der Waals surface area contributed by atoms with E-state index in [4.69, 9.17) is 15.0 Å². The van der Waals surface area contributed by atoms with Crippen LogP contribution in [0.5, 0.6) is 5.75 Å². The van der Waals surface area contributed by atoms with E-state index < -0.39 is 12.6 Å². The maximum absolute atomic E-state index is 12.1. The van der Waals surface area contributed by atoms with Gasteiger partial charge in [0.05, 0.1) is 19.1 Å². The smallest absolute Gasteiger partial charge is 0.389 e. The molecule has 2 aromatic rings. The predicted octanol–water partition coefficient (Wildman–Crippen LogP) is 2.82. The molecule has 108 valence electrons. The molecule has 0 aliphatic rings. The topological polar surface area (TPSA) is 74.2 Å². The van der Waals surface area contributed by atoms with Crippen molar-refractivity contribution in [1.82, 2.24) is 10.1 Å². The van der Waals surface area contributed by atoms with Crippen molar-refractivity contribution >= 4 is 5.69 Å². The van der Waals surface area contributed by atoms with Crippen molar-refractivity contribution in [3.8, 4) is 17.2 Å². The van der Waals surface area contributed by atoms with Gasteiger partial charge in [-0.25, -0.2) is 0 Å². The lowest BCUT2D eigenvalue weighted by Gasteiger charge is -2.04. The minimum absolute atomic E-state index is 0.00690. The third-order valence-corrected chi connectivity index (χ3v) is 2.59. The van der Waals surface area contributed by atoms with Crippen LogP contribution in [-0.4, -0.2) is 23.4 Å². The Morgan fingerprint density at radius 3 is 2.70 bits per heavy atom. The van der Waals surface area contributed by atoms with Crippen LogP contribution in [0.2, 0.25) is 0 Å². The lowest BCUT2D eigenvalue weighted by molar-refractivity contribution is -0.134. The average Bonchev–Trinajstić information content (AvgIpc) is 2.84. The van der Waals surface area contributed by atoms with Crippen LogP contribution in [0.1, 0.15) is 12.2 Å². The van der Waals surface area contributed by atoms with Crippen molar-refractivity contribution in [3.63, 3.8) is 0 Å². The number of hydrogen-bond donors (Lipinski definition) is 1. The summed E-state index contributed by atoms with van der Waals surface area (Å²) in [5, 5.41) is 3.51. The number of anilines is 1. The molecule has 0 aliphatic heterocycles. The molecule has 8 heteroatoms. The lowest BCUT2D eigenvalue weighted by Crippen LogP contribution is -2.09. The Kier molecular flexibility index (Phi) is 3.82. The van der Waals surface area contributed by atoms with Gasteiger partial charge in [0.2, 0.25) is 0 Å². The van der Waals surface area contributed by atoms with Gasteiger partial charge in [-0.15, -0.1) is 0 Å². The Labute approximate surface area is 112 Å². The number of aryl methyl sites for hydroxylation is 1. The Morgan fingerprint density at radius 1 is 1.35 bits per heavy atom. The molecule has 2 N–H and O–H groups in total. The van der Waals surface area contributed by atoms with E-state index in [0.29, 0.717) is 17.0 Å². The fraction of sp³-hybridized carbons (Fsp3) is 0.333. The van der Waals surface area contributed by atoms with Gasteiger partial charge in [-0.05, 0) is 12.1 Å². The van der Waals surface area contributed by atoms with E-state index in [-0.39, 0.29) is 18.1 Å². The van der Waals surface area contributed by atoms with E-state index in [2.05, 4.69) is 10.1 Å². The van der Waals surface area contributed by atoms with Crippen LogP contribution in [0.15, 0.2) is 22.7 Å². The highest BCUT2D eigenvalue weighted by Crippen LogP contribution is 2.28. The summed E-state index contributed by atoms with van der Waals surface area (Å²) >= 11 is 0. The molecule has 0 aliphatic carbocycles. The number of halogens is 3. The largest absolute Gasteiger partial charge is 0.497 e. The van der Waals surface area contributed by atoms with Crippen molar-refractivity contribution in [2.24, 2.45) is 0 Å². The standard InChI is InChI=1S/C12H12F3N3O2/c1-19-7-2-3-8(9(16)6-7)11-17-10(18-20-11)4-5-12(13,14)15/h2-3,6H,4-5,16H2,1H3. The van der Waals surface area contributed by atoms with E-state index >= 15 is 0 Å². The number of nitrogens with zero attached hydrogens (tertiary/aromatic N) is 2. The van der Waals surface area contributed by atoms with Gasteiger partial charge in [-0.1, -0.05) is 5.16 Å². The molecule has 0 saturated carbocycles. The number of ether oxygens (including phenoxy) is 1. The predicted molar refractivity (Wildman–Crippen MR) is 65.1 cm³/mol. The zero-order valence-corrected chi connectivity index (χ0v) is 10.6. The van der Waals surface area contributed by atoms with Crippen molar-refractivity contribution in [2.45, 2.75) is 19.0 Å². The molecule has 0 unspecified atom stereocenters. The van der Waals surface area contributed by atoms with E-state index in [1.807, 2.05) is 0 Å². The van der Waals surface area contributed by atoms with Gasteiger partial charge < -0.3 is 15.0 Å². The van der Waals surface area contributed by atoms with E-state index in [9.17, 15) is 13.2 Å². The monoisotopic (exact) mass is 287 g/mol. The molecule has 2 rings (SSSR count). The van der Waals surface area contributed by atoms with Gasteiger partial charge in [0.1, 0.15) is 5.75 Å². The highest BCUT2D eigenvalue weighted by atomic mass is 19.4. The van der Waals surface area contributed by atoms with Gasteiger partial charge >= 0.3 is 6.18 Å². The summed E-state index contributed by atoms with van der Waals surface area (Å²) in [6.07, 6.45) is -5.58. The normalized spacial score (nSPS) is 11.6. The number of alkyl halides is 3. The average molecular weight is 287 g/mol. The summed E-state index contributed by atoms with van der Waals surface area (Å²) in [7, 11) is 1.50. The number of methoxy groups -OCH3 is 1. The molecule has 20 heavy (non-hydrogen) atoms. The summed E-state index contributed by atoms with van der Waals surface area (Å²) in [5.41, 5.74) is 6.59. The Balaban J connectivity index is 2.16. The van der Waals surface area contributed by atoms with Crippen molar-refractivity contribution in [1.29, 1.82) is 0 Å². The van der Waals surface area contributed by atoms with Crippen molar-refractivity contribution in [2.75, 3.05) is 12.8 Å². The second-order valence-electron chi connectivity index (χ2n) is 4.08. The molecule has 0 amide bonds. The summed E-state index contributed by atoms with van der Waals surface area (Å²) in [6, 6.07) is 4.81. The van der Waals surface area contributed by atoms with Crippen LogP contribution in [0.3, 0.4) is 0 Å². The maximum atomic E-state index is 12.1. The van der Waals surface area contributed by atoms with Crippen LogP contribution < -0.4 is 10.5 Å².